The smallest absolute Gasteiger partial charge is 0.243 e. The van der Waals surface area contributed by atoms with Crippen LogP contribution in [0.15, 0.2) is 23.1 Å². The van der Waals surface area contributed by atoms with Gasteiger partial charge in [-0.1, -0.05) is 6.07 Å². The number of hydrogen-bond donors (Lipinski definition) is 1. The lowest BCUT2D eigenvalue weighted by Crippen LogP contribution is -2.39. The Morgan fingerprint density at radius 1 is 1.15 bits per heavy atom. The molecule has 1 N–H and O–H groups in total. The fraction of sp³-hybridized carbons (Fsp3) is 0.556. The summed E-state index contributed by atoms with van der Waals surface area (Å²) in [5, 5.41) is 12.1. The molecular weight excluding hydrogens is 350 g/mol. The number of nitrogens with zero attached hydrogens (tertiary/aromatic N) is 4. The molecule has 0 bridgehead atoms. The van der Waals surface area contributed by atoms with Crippen LogP contribution < -0.4 is 5.32 Å². The lowest BCUT2D eigenvalue weighted by molar-refractivity contribution is 0.325. The summed E-state index contributed by atoms with van der Waals surface area (Å²) in [6.07, 6.45) is 2.25. The fourth-order valence-electron chi connectivity index (χ4n) is 3.76. The molecule has 2 aliphatic rings. The third kappa shape index (κ3) is 3.06. The van der Waals surface area contributed by atoms with Crippen molar-refractivity contribution >= 4 is 10.0 Å². The van der Waals surface area contributed by atoms with Crippen LogP contribution in [0.25, 0.3) is 0 Å². The van der Waals surface area contributed by atoms with Gasteiger partial charge in [-0.15, -0.1) is 10.2 Å². The fourth-order valence-corrected chi connectivity index (χ4v) is 5.23. The Labute approximate surface area is 154 Å². The van der Waals surface area contributed by atoms with Gasteiger partial charge in [-0.25, -0.2) is 8.42 Å². The number of piperidine rings is 1. The number of aryl methyl sites for hydroxylation is 2. The molecule has 1 fully saturated rings. The first-order valence-corrected chi connectivity index (χ1v) is 10.6. The van der Waals surface area contributed by atoms with Gasteiger partial charge in [0.15, 0.2) is 0 Å². The number of benzene rings is 1. The Hall–Kier alpha value is -1.77. The molecule has 0 aliphatic carbocycles. The minimum absolute atomic E-state index is 0.280. The SMILES string of the molecule is Cc1ccc(S(=O)(=O)N2CCn3c(nnc3C3CCCNC3)C2)cc1C. The largest absolute Gasteiger partial charge is 0.316 e. The summed E-state index contributed by atoms with van der Waals surface area (Å²) in [4.78, 5) is 0.352. The lowest BCUT2D eigenvalue weighted by Gasteiger charge is -2.29. The van der Waals surface area contributed by atoms with Crippen LogP contribution in [-0.2, 0) is 23.1 Å². The maximum atomic E-state index is 13.0. The average molecular weight is 375 g/mol. The van der Waals surface area contributed by atoms with Gasteiger partial charge in [-0.2, -0.15) is 4.31 Å². The summed E-state index contributed by atoms with van der Waals surface area (Å²) in [5.74, 6) is 2.10. The van der Waals surface area contributed by atoms with Gasteiger partial charge in [-0.3, -0.25) is 0 Å². The van der Waals surface area contributed by atoms with E-state index in [2.05, 4.69) is 20.1 Å². The van der Waals surface area contributed by atoms with Crippen LogP contribution in [0.1, 0.15) is 41.5 Å². The number of hydrogen-bond acceptors (Lipinski definition) is 5. The molecule has 1 unspecified atom stereocenters. The van der Waals surface area contributed by atoms with E-state index in [1.165, 1.54) is 4.31 Å². The predicted octanol–water partition coefficient (Wildman–Crippen LogP) is 1.57. The molecule has 140 valence electrons. The zero-order chi connectivity index (χ0) is 18.3. The van der Waals surface area contributed by atoms with Crippen molar-refractivity contribution in [1.29, 1.82) is 0 Å². The summed E-state index contributed by atoms with van der Waals surface area (Å²) < 4.78 is 29.7. The second-order valence-corrected chi connectivity index (χ2v) is 9.19. The molecule has 3 heterocycles. The van der Waals surface area contributed by atoms with Crippen molar-refractivity contribution in [3.05, 3.63) is 41.0 Å². The molecule has 0 spiro atoms. The van der Waals surface area contributed by atoms with Crippen molar-refractivity contribution in [1.82, 2.24) is 24.4 Å². The first-order chi connectivity index (χ1) is 12.5. The van der Waals surface area contributed by atoms with Crippen molar-refractivity contribution in [2.24, 2.45) is 0 Å². The molecule has 2 aliphatic heterocycles. The van der Waals surface area contributed by atoms with Crippen molar-refractivity contribution in [2.75, 3.05) is 19.6 Å². The minimum Gasteiger partial charge on any atom is -0.316 e. The molecule has 4 rings (SSSR count). The molecule has 0 saturated carbocycles. The second kappa shape index (κ2) is 6.75. The molecule has 8 heteroatoms. The molecular formula is C18H25N5O2S. The van der Waals surface area contributed by atoms with Crippen molar-refractivity contribution in [2.45, 2.75) is 50.6 Å². The van der Waals surface area contributed by atoms with Crippen LogP contribution in [0.4, 0.5) is 0 Å². The highest BCUT2D eigenvalue weighted by Crippen LogP contribution is 2.27. The summed E-state index contributed by atoms with van der Waals surface area (Å²) in [6, 6.07) is 5.31. The summed E-state index contributed by atoms with van der Waals surface area (Å²) >= 11 is 0. The van der Waals surface area contributed by atoms with Crippen LogP contribution in [0, 0.1) is 13.8 Å². The molecule has 7 nitrogen and oxygen atoms in total. The maximum Gasteiger partial charge on any atom is 0.243 e. The Bertz CT molecular complexity index is 916. The number of fused-ring (bicyclic) bond motifs is 1. The molecule has 1 atom stereocenters. The Balaban J connectivity index is 1.58. The highest BCUT2D eigenvalue weighted by atomic mass is 32.2. The predicted molar refractivity (Wildman–Crippen MR) is 98.4 cm³/mol. The average Bonchev–Trinajstić information content (AvgIpc) is 3.08. The number of nitrogens with one attached hydrogen (secondary N) is 1. The quantitative estimate of drug-likeness (QED) is 0.881. The van der Waals surface area contributed by atoms with Crippen molar-refractivity contribution in [3.8, 4) is 0 Å². The van der Waals surface area contributed by atoms with Crippen LogP contribution in [-0.4, -0.2) is 47.1 Å². The third-order valence-corrected chi connectivity index (χ3v) is 7.37. The van der Waals surface area contributed by atoms with E-state index in [0.717, 1.165) is 48.7 Å². The van der Waals surface area contributed by atoms with Crippen molar-refractivity contribution < 1.29 is 8.42 Å². The Morgan fingerprint density at radius 3 is 2.73 bits per heavy atom. The molecule has 0 amide bonds. The Morgan fingerprint density at radius 2 is 2.00 bits per heavy atom. The summed E-state index contributed by atoms with van der Waals surface area (Å²) in [7, 11) is -3.52. The van der Waals surface area contributed by atoms with Gasteiger partial charge in [0.05, 0.1) is 11.4 Å². The molecule has 26 heavy (non-hydrogen) atoms. The first-order valence-electron chi connectivity index (χ1n) is 9.17. The molecule has 2 aromatic rings. The monoisotopic (exact) mass is 375 g/mol. The summed E-state index contributed by atoms with van der Waals surface area (Å²) in [5.41, 5.74) is 2.08. The second-order valence-electron chi connectivity index (χ2n) is 7.25. The van der Waals surface area contributed by atoms with E-state index in [4.69, 9.17) is 0 Å². The topological polar surface area (TPSA) is 80.1 Å². The number of aromatic nitrogens is 3. The molecule has 1 saturated heterocycles. The van der Waals surface area contributed by atoms with Gasteiger partial charge in [-0.05, 0) is 56.5 Å². The van der Waals surface area contributed by atoms with Crippen molar-refractivity contribution in [3.63, 3.8) is 0 Å². The van der Waals surface area contributed by atoms with Gasteiger partial charge < -0.3 is 9.88 Å². The minimum atomic E-state index is -3.52. The van der Waals surface area contributed by atoms with E-state index >= 15 is 0 Å². The highest BCUT2D eigenvalue weighted by Gasteiger charge is 2.32. The van der Waals surface area contributed by atoms with Gasteiger partial charge in [0.25, 0.3) is 0 Å². The van der Waals surface area contributed by atoms with Crippen LogP contribution in [0.3, 0.4) is 0 Å². The molecule has 1 aromatic carbocycles. The van der Waals surface area contributed by atoms with E-state index in [0.29, 0.717) is 23.9 Å². The van der Waals surface area contributed by atoms with E-state index in [-0.39, 0.29) is 6.54 Å². The molecule has 0 radical (unpaired) electrons. The summed E-state index contributed by atoms with van der Waals surface area (Å²) in [6.45, 7) is 7.23. The number of sulfonamides is 1. The van der Waals surface area contributed by atoms with E-state index in [1.54, 1.807) is 12.1 Å². The van der Waals surface area contributed by atoms with Gasteiger partial charge in [0.1, 0.15) is 11.6 Å². The highest BCUT2D eigenvalue weighted by molar-refractivity contribution is 7.89. The van der Waals surface area contributed by atoms with Crippen LogP contribution in [0.5, 0.6) is 0 Å². The standard InChI is InChI=1S/C18H25N5O2S/c1-13-5-6-16(10-14(13)2)26(24,25)22-8-9-23-17(12-22)20-21-18(23)15-4-3-7-19-11-15/h5-6,10,15,19H,3-4,7-9,11-12H2,1-2H3. The zero-order valence-corrected chi connectivity index (χ0v) is 16.1. The van der Waals surface area contributed by atoms with Gasteiger partial charge in [0, 0.05) is 25.6 Å². The molecule has 1 aromatic heterocycles. The van der Waals surface area contributed by atoms with E-state index < -0.39 is 10.0 Å². The van der Waals surface area contributed by atoms with Crippen LogP contribution in [0.2, 0.25) is 0 Å². The number of rotatable bonds is 3. The first kappa shape index (κ1) is 17.6. The Kier molecular flexibility index (Phi) is 4.58. The zero-order valence-electron chi connectivity index (χ0n) is 15.3. The van der Waals surface area contributed by atoms with Gasteiger partial charge >= 0.3 is 0 Å². The third-order valence-electron chi connectivity index (χ3n) is 5.52. The van der Waals surface area contributed by atoms with Gasteiger partial charge in [0.2, 0.25) is 10.0 Å². The normalized spacial score (nSPS) is 21.5. The van der Waals surface area contributed by atoms with E-state index in [9.17, 15) is 8.42 Å². The maximum absolute atomic E-state index is 13.0. The van der Waals surface area contributed by atoms with Crippen LogP contribution >= 0.6 is 0 Å². The van der Waals surface area contributed by atoms with E-state index in [1.807, 2.05) is 19.9 Å². The lowest BCUT2D eigenvalue weighted by atomic mass is 9.99.